The first-order valence-corrected chi connectivity index (χ1v) is 30.7. The van der Waals surface area contributed by atoms with Crippen LogP contribution in [0.1, 0.15) is 290 Å². The number of ether oxygens (including phenoxy) is 3. The van der Waals surface area contributed by atoms with Gasteiger partial charge in [0.15, 0.2) is 6.10 Å². The second kappa shape index (κ2) is 60.9. The summed E-state index contributed by atoms with van der Waals surface area (Å²) >= 11 is 0. The maximum Gasteiger partial charge on any atom is 0.306 e. The molecule has 6 heteroatoms. The minimum absolute atomic E-state index is 0.0810. The van der Waals surface area contributed by atoms with Crippen molar-refractivity contribution in [1.29, 1.82) is 0 Å². The quantitative estimate of drug-likeness (QED) is 0.0261. The molecule has 0 aliphatic heterocycles. The normalized spacial score (nSPS) is 12.8. The molecular weight excluding hydrogens is 901 g/mol. The Bertz CT molecular complexity index is 1440. The highest BCUT2D eigenvalue weighted by atomic mass is 16.6. The van der Waals surface area contributed by atoms with Crippen molar-refractivity contribution in [3.8, 4) is 0 Å². The van der Waals surface area contributed by atoms with E-state index in [0.717, 1.165) is 122 Å². The summed E-state index contributed by atoms with van der Waals surface area (Å²) in [6, 6.07) is 0. The van der Waals surface area contributed by atoms with Crippen molar-refractivity contribution in [3.05, 3.63) is 97.2 Å². The van der Waals surface area contributed by atoms with Gasteiger partial charge in [-0.3, -0.25) is 14.4 Å². The van der Waals surface area contributed by atoms with Crippen LogP contribution in [0.25, 0.3) is 0 Å². The van der Waals surface area contributed by atoms with Gasteiger partial charge >= 0.3 is 17.9 Å². The summed E-state index contributed by atoms with van der Waals surface area (Å²) in [5.74, 6) is -0.891. The van der Waals surface area contributed by atoms with Crippen molar-refractivity contribution in [3.63, 3.8) is 0 Å². The van der Waals surface area contributed by atoms with Gasteiger partial charge in [-0.05, 0) is 96.3 Å². The Morgan fingerprint density at radius 3 is 0.836 bits per heavy atom. The largest absolute Gasteiger partial charge is 0.462 e. The molecule has 1 atom stereocenters. The van der Waals surface area contributed by atoms with Crippen LogP contribution in [0.3, 0.4) is 0 Å². The van der Waals surface area contributed by atoms with Crippen LogP contribution >= 0.6 is 0 Å². The highest BCUT2D eigenvalue weighted by Crippen LogP contribution is 2.16. The zero-order valence-electron chi connectivity index (χ0n) is 47.9. The molecule has 0 aromatic rings. The van der Waals surface area contributed by atoms with Gasteiger partial charge in [0.1, 0.15) is 13.2 Å². The number of carbonyl (C=O) groups excluding carboxylic acids is 3. The highest BCUT2D eigenvalue weighted by Gasteiger charge is 2.19. The van der Waals surface area contributed by atoms with Gasteiger partial charge < -0.3 is 14.2 Å². The summed E-state index contributed by atoms with van der Waals surface area (Å²) in [6.45, 7) is 6.40. The summed E-state index contributed by atoms with van der Waals surface area (Å²) in [5, 5.41) is 0. The van der Waals surface area contributed by atoms with Crippen molar-refractivity contribution in [2.24, 2.45) is 0 Å². The molecule has 418 valence electrons. The molecule has 0 rings (SSSR count). The molecule has 1 unspecified atom stereocenters. The molecule has 0 N–H and O–H groups in total. The van der Waals surface area contributed by atoms with E-state index in [9.17, 15) is 14.4 Å². The summed E-state index contributed by atoms with van der Waals surface area (Å²) in [7, 11) is 0. The van der Waals surface area contributed by atoms with Gasteiger partial charge in [0.05, 0.1) is 0 Å². The number of carbonyl (C=O) groups is 3. The Hall–Kier alpha value is -3.67. The van der Waals surface area contributed by atoms with Crippen LogP contribution in [0.4, 0.5) is 0 Å². The first-order chi connectivity index (χ1) is 36.0. The average molecular weight is 1020 g/mol. The van der Waals surface area contributed by atoms with Crippen LogP contribution in [0.2, 0.25) is 0 Å². The fourth-order valence-electron chi connectivity index (χ4n) is 8.54. The van der Waals surface area contributed by atoms with E-state index in [-0.39, 0.29) is 31.1 Å². The third-order valence-corrected chi connectivity index (χ3v) is 13.1. The molecule has 0 aromatic carbocycles. The van der Waals surface area contributed by atoms with E-state index in [0.29, 0.717) is 19.3 Å². The van der Waals surface area contributed by atoms with E-state index in [1.54, 1.807) is 0 Å². The van der Waals surface area contributed by atoms with Crippen molar-refractivity contribution in [2.45, 2.75) is 297 Å². The highest BCUT2D eigenvalue weighted by molar-refractivity contribution is 5.71. The molecule has 0 heterocycles. The number of esters is 3. The fourth-order valence-corrected chi connectivity index (χ4v) is 8.54. The number of rotatable bonds is 55. The lowest BCUT2D eigenvalue weighted by molar-refractivity contribution is -0.167. The molecule has 0 amide bonds. The number of hydrogen-bond donors (Lipinski definition) is 0. The molecule has 0 fully saturated rings. The second-order valence-electron chi connectivity index (χ2n) is 20.2. The molecule has 0 radical (unpaired) electrons. The number of unbranched alkanes of at least 4 members (excludes halogenated alkanes) is 28. The molecule has 6 nitrogen and oxygen atoms in total. The van der Waals surface area contributed by atoms with Crippen LogP contribution in [0, 0.1) is 0 Å². The Kier molecular flexibility index (Phi) is 57.8. The van der Waals surface area contributed by atoms with E-state index >= 15 is 0 Å². The minimum atomic E-state index is -0.783. The third kappa shape index (κ3) is 59.1. The fraction of sp³-hybridized carbons (Fsp3) is 0.716. The molecule has 0 saturated carbocycles. The first kappa shape index (κ1) is 69.3. The van der Waals surface area contributed by atoms with Gasteiger partial charge in [-0.1, -0.05) is 272 Å². The molecule has 73 heavy (non-hydrogen) atoms. The van der Waals surface area contributed by atoms with Crippen molar-refractivity contribution >= 4 is 17.9 Å². The molecule has 0 saturated heterocycles. The summed E-state index contributed by atoms with van der Waals surface area (Å²) in [4.78, 5) is 38.1. The van der Waals surface area contributed by atoms with Gasteiger partial charge in [-0.15, -0.1) is 0 Å². The molecule has 0 bridgehead atoms. The lowest BCUT2D eigenvalue weighted by Crippen LogP contribution is -2.30. The first-order valence-electron chi connectivity index (χ1n) is 30.7. The molecule has 0 spiro atoms. The van der Waals surface area contributed by atoms with Crippen molar-refractivity contribution < 1.29 is 28.6 Å². The van der Waals surface area contributed by atoms with Gasteiger partial charge in [0, 0.05) is 19.3 Å². The molecule has 0 aromatic heterocycles. The zero-order chi connectivity index (χ0) is 52.9. The van der Waals surface area contributed by atoms with Gasteiger partial charge in [-0.25, -0.2) is 0 Å². The lowest BCUT2D eigenvalue weighted by Gasteiger charge is -2.18. The Balaban J connectivity index is 4.21. The van der Waals surface area contributed by atoms with Crippen molar-refractivity contribution in [1.82, 2.24) is 0 Å². The lowest BCUT2D eigenvalue weighted by atomic mass is 10.0. The zero-order valence-corrected chi connectivity index (χ0v) is 47.9. The van der Waals surface area contributed by atoms with Crippen LogP contribution < -0.4 is 0 Å². The molecular formula is C67H114O6. The monoisotopic (exact) mass is 1010 g/mol. The molecule has 0 aliphatic rings. The molecule has 0 aliphatic carbocycles. The summed E-state index contributed by atoms with van der Waals surface area (Å²) in [5.41, 5.74) is 0. The van der Waals surface area contributed by atoms with Crippen LogP contribution in [-0.2, 0) is 28.6 Å². The number of hydrogen-bond acceptors (Lipinski definition) is 6. The van der Waals surface area contributed by atoms with E-state index in [1.807, 2.05) is 0 Å². The Labute approximate surface area is 451 Å². The summed E-state index contributed by atoms with van der Waals surface area (Å²) < 4.78 is 16.9. The van der Waals surface area contributed by atoms with Gasteiger partial charge in [0.2, 0.25) is 0 Å². The topological polar surface area (TPSA) is 78.9 Å². The SMILES string of the molecule is CC/C=C\C/C=C\C/C=C\C/C=C\CCCCCCCCCCCCCCCCC(=O)OCC(COC(=O)CCCCCCCCCCC)OC(=O)CCCCCCCC/C=C\C/C=C\C/C=C\C/C=C\CC. The van der Waals surface area contributed by atoms with Gasteiger partial charge in [-0.2, -0.15) is 0 Å². The predicted octanol–water partition coefficient (Wildman–Crippen LogP) is 20.9. The van der Waals surface area contributed by atoms with E-state index < -0.39 is 6.10 Å². The van der Waals surface area contributed by atoms with Crippen LogP contribution in [0.15, 0.2) is 97.2 Å². The van der Waals surface area contributed by atoms with Crippen LogP contribution in [-0.4, -0.2) is 37.2 Å². The summed E-state index contributed by atoms with van der Waals surface area (Å²) in [6.07, 6.45) is 81.3. The maximum atomic E-state index is 12.9. The Morgan fingerprint density at radius 1 is 0.288 bits per heavy atom. The van der Waals surface area contributed by atoms with E-state index in [1.165, 1.54) is 128 Å². The predicted molar refractivity (Wildman–Crippen MR) is 316 cm³/mol. The van der Waals surface area contributed by atoms with Gasteiger partial charge in [0.25, 0.3) is 0 Å². The number of allylic oxidation sites excluding steroid dienone is 16. The Morgan fingerprint density at radius 2 is 0.534 bits per heavy atom. The average Bonchev–Trinajstić information content (AvgIpc) is 3.39. The van der Waals surface area contributed by atoms with E-state index in [2.05, 4.69) is 118 Å². The maximum absolute atomic E-state index is 12.9. The van der Waals surface area contributed by atoms with Crippen molar-refractivity contribution in [2.75, 3.05) is 13.2 Å². The standard InChI is InChI=1S/C67H114O6/c1-4-7-10-13-16-19-21-23-25-27-29-30-31-32-33-34-35-36-38-39-41-43-45-48-51-54-57-60-66(69)72-63-64(62-71-65(68)59-56-53-50-47-18-15-12-9-6-3)73-67(70)61-58-55-52-49-46-44-42-40-37-28-26-24-22-20-17-14-11-8-5-2/h7-8,10-11,16-17,19-20,23-26,29-30,37,40,64H,4-6,9,12-15,18,21-22,27-28,31-36,38-39,41-63H2,1-3H3/b10-7-,11-8-,19-16-,20-17-,25-23-,26-24-,30-29-,40-37-. The minimum Gasteiger partial charge on any atom is -0.462 e. The third-order valence-electron chi connectivity index (χ3n) is 13.1. The van der Waals surface area contributed by atoms with E-state index in [4.69, 9.17) is 14.2 Å². The smallest absolute Gasteiger partial charge is 0.306 e. The second-order valence-corrected chi connectivity index (χ2v) is 20.2. The van der Waals surface area contributed by atoms with Crippen LogP contribution in [0.5, 0.6) is 0 Å².